The van der Waals surface area contributed by atoms with Crippen molar-refractivity contribution in [1.29, 1.82) is 0 Å². The molecule has 0 bridgehead atoms. The molecule has 4 aromatic rings. The highest BCUT2D eigenvalue weighted by Gasteiger charge is 2.28. The van der Waals surface area contributed by atoms with Gasteiger partial charge in [0.25, 0.3) is 0 Å². The number of aromatic nitrogens is 3. The summed E-state index contributed by atoms with van der Waals surface area (Å²) in [5, 5.41) is 0. The van der Waals surface area contributed by atoms with Crippen LogP contribution in [-0.2, 0) is 6.54 Å². The van der Waals surface area contributed by atoms with Crippen LogP contribution >= 0.6 is 0 Å². The van der Waals surface area contributed by atoms with E-state index in [0.29, 0.717) is 6.79 Å². The van der Waals surface area contributed by atoms with Crippen molar-refractivity contribution < 1.29 is 9.47 Å². The molecule has 2 aliphatic rings. The molecule has 1 fully saturated rings. The number of nitrogens with zero attached hydrogens (tertiary/aromatic N) is 5. The third-order valence-corrected chi connectivity index (χ3v) is 6.40. The Kier molecular flexibility index (Phi) is 4.78. The predicted octanol–water partition coefficient (Wildman–Crippen LogP) is 3.61. The summed E-state index contributed by atoms with van der Waals surface area (Å²) >= 11 is 0. The maximum Gasteiger partial charge on any atom is 0.231 e. The second kappa shape index (κ2) is 7.93. The number of fused-ring (bicyclic) bond motifs is 2. The number of piperazine rings is 1. The Morgan fingerprint density at radius 1 is 1.00 bits per heavy atom. The highest BCUT2D eigenvalue weighted by Crippen LogP contribution is 2.33. The predicted molar refractivity (Wildman–Crippen MR) is 122 cm³/mol. The molecule has 32 heavy (non-hydrogen) atoms. The van der Waals surface area contributed by atoms with E-state index < -0.39 is 0 Å². The molecule has 0 spiro atoms. The second-order valence-corrected chi connectivity index (χ2v) is 8.46. The van der Waals surface area contributed by atoms with Gasteiger partial charge in [-0.2, -0.15) is 0 Å². The zero-order valence-electron chi connectivity index (χ0n) is 18.0. The molecule has 1 atom stereocenters. The number of pyridine rings is 2. The Hall–Kier alpha value is -3.42. The molecule has 3 aromatic heterocycles. The second-order valence-electron chi connectivity index (χ2n) is 8.46. The van der Waals surface area contributed by atoms with Crippen LogP contribution in [0.5, 0.6) is 11.5 Å². The molecule has 1 saturated heterocycles. The van der Waals surface area contributed by atoms with Gasteiger partial charge in [-0.15, -0.1) is 0 Å². The standard InChI is InChI=1S/C25H25N5O2/c1-28-11-12-29(14-18-5-6-23-24(13-18)32-17-31-23)16-22(28)20-15-30-21(3-2-4-25(30)27-20)19-7-9-26-10-8-19/h2-10,13,15,22H,11-12,14,16-17H2,1H3/t22-/m1/s1. The SMILES string of the molecule is CN1CCN(Cc2ccc3c(c2)OCO3)C[C@@H]1c1cn2c(-c3ccncc3)cccc2n1. The molecule has 6 rings (SSSR count). The monoisotopic (exact) mass is 427 g/mol. The highest BCUT2D eigenvalue weighted by atomic mass is 16.7. The number of benzene rings is 1. The van der Waals surface area contributed by atoms with Gasteiger partial charge in [-0.25, -0.2) is 4.98 Å². The van der Waals surface area contributed by atoms with E-state index in [9.17, 15) is 0 Å². The van der Waals surface area contributed by atoms with Crippen molar-refractivity contribution in [3.05, 3.63) is 78.4 Å². The van der Waals surface area contributed by atoms with Crippen LogP contribution in [0.15, 0.2) is 67.1 Å². The molecule has 0 unspecified atom stereocenters. The average molecular weight is 428 g/mol. The van der Waals surface area contributed by atoms with E-state index >= 15 is 0 Å². The first-order chi connectivity index (χ1) is 15.7. The molecule has 0 aliphatic carbocycles. The van der Waals surface area contributed by atoms with Gasteiger partial charge < -0.3 is 9.47 Å². The first-order valence-electron chi connectivity index (χ1n) is 10.9. The fourth-order valence-corrected chi connectivity index (χ4v) is 4.64. The fraction of sp³-hybridized carbons (Fsp3) is 0.280. The van der Waals surface area contributed by atoms with Gasteiger partial charge in [0.2, 0.25) is 6.79 Å². The Bertz CT molecular complexity index is 1260. The minimum Gasteiger partial charge on any atom is -0.454 e. The van der Waals surface area contributed by atoms with Crippen molar-refractivity contribution >= 4 is 5.65 Å². The molecule has 1 aromatic carbocycles. The molecule has 7 heteroatoms. The highest BCUT2D eigenvalue weighted by molar-refractivity contribution is 5.63. The lowest BCUT2D eigenvalue weighted by Crippen LogP contribution is -2.46. The lowest BCUT2D eigenvalue weighted by Gasteiger charge is -2.38. The fourth-order valence-electron chi connectivity index (χ4n) is 4.64. The van der Waals surface area contributed by atoms with E-state index in [1.807, 2.05) is 30.6 Å². The number of rotatable bonds is 4. The summed E-state index contributed by atoms with van der Waals surface area (Å²) in [6.07, 6.45) is 5.85. The number of hydrogen-bond donors (Lipinski definition) is 0. The lowest BCUT2D eigenvalue weighted by atomic mass is 10.1. The molecule has 0 N–H and O–H groups in total. The van der Waals surface area contributed by atoms with E-state index in [1.54, 1.807) is 0 Å². The van der Waals surface area contributed by atoms with Crippen molar-refractivity contribution in [2.24, 2.45) is 0 Å². The molecular weight excluding hydrogens is 402 g/mol. The number of hydrogen-bond acceptors (Lipinski definition) is 6. The third-order valence-electron chi connectivity index (χ3n) is 6.40. The van der Waals surface area contributed by atoms with Crippen molar-refractivity contribution in [3.63, 3.8) is 0 Å². The average Bonchev–Trinajstić information content (AvgIpc) is 3.47. The van der Waals surface area contributed by atoms with Gasteiger partial charge in [-0.1, -0.05) is 12.1 Å². The van der Waals surface area contributed by atoms with Crippen molar-refractivity contribution in [3.8, 4) is 22.8 Å². The molecular formula is C25H25N5O2. The van der Waals surface area contributed by atoms with Gasteiger partial charge in [0.05, 0.1) is 17.4 Å². The van der Waals surface area contributed by atoms with Gasteiger partial charge in [-0.3, -0.25) is 19.2 Å². The van der Waals surface area contributed by atoms with Crippen LogP contribution in [0.4, 0.5) is 0 Å². The van der Waals surface area contributed by atoms with E-state index in [1.165, 1.54) is 5.56 Å². The minimum absolute atomic E-state index is 0.239. The number of ether oxygens (including phenoxy) is 2. The van der Waals surface area contributed by atoms with Gasteiger partial charge in [0, 0.05) is 50.3 Å². The molecule has 0 saturated carbocycles. The minimum atomic E-state index is 0.239. The Balaban J connectivity index is 1.27. The van der Waals surface area contributed by atoms with E-state index in [2.05, 4.69) is 62.8 Å². The van der Waals surface area contributed by atoms with E-state index in [-0.39, 0.29) is 6.04 Å². The van der Waals surface area contributed by atoms with E-state index in [4.69, 9.17) is 14.5 Å². The largest absolute Gasteiger partial charge is 0.454 e. The van der Waals surface area contributed by atoms with Crippen LogP contribution in [0.3, 0.4) is 0 Å². The van der Waals surface area contributed by atoms with E-state index in [0.717, 1.165) is 60.3 Å². The van der Waals surface area contributed by atoms with Crippen LogP contribution < -0.4 is 9.47 Å². The molecule has 2 aliphatic heterocycles. The van der Waals surface area contributed by atoms with Crippen molar-refractivity contribution in [1.82, 2.24) is 24.2 Å². The van der Waals surface area contributed by atoms with Gasteiger partial charge >= 0.3 is 0 Å². The smallest absolute Gasteiger partial charge is 0.231 e. The first kappa shape index (κ1) is 19.3. The zero-order chi connectivity index (χ0) is 21.5. The number of likely N-dealkylation sites (N-methyl/N-ethyl adjacent to an activating group) is 1. The quantitative estimate of drug-likeness (QED) is 0.496. The van der Waals surface area contributed by atoms with Crippen LogP contribution in [0.1, 0.15) is 17.3 Å². The third kappa shape index (κ3) is 3.49. The lowest BCUT2D eigenvalue weighted by molar-refractivity contribution is 0.0885. The Morgan fingerprint density at radius 3 is 2.78 bits per heavy atom. The topological polar surface area (TPSA) is 55.1 Å². The summed E-state index contributed by atoms with van der Waals surface area (Å²) in [4.78, 5) is 14.1. The summed E-state index contributed by atoms with van der Waals surface area (Å²) in [6.45, 7) is 4.15. The molecule has 0 radical (unpaired) electrons. The summed E-state index contributed by atoms with van der Waals surface area (Å²) in [5.74, 6) is 1.68. The summed E-state index contributed by atoms with van der Waals surface area (Å²) in [7, 11) is 2.19. The van der Waals surface area contributed by atoms with Crippen molar-refractivity contribution in [2.45, 2.75) is 12.6 Å². The van der Waals surface area contributed by atoms with Gasteiger partial charge in [0.1, 0.15) is 5.65 Å². The Morgan fingerprint density at radius 2 is 1.88 bits per heavy atom. The number of imidazole rings is 1. The molecule has 7 nitrogen and oxygen atoms in total. The van der Waals surface area contributed by atoms with Gasteiger partial charge in [0.15, 0.2) is 11.5 Å². The summed E-state index contributed by atoms with van der Waals surface area (Å²) < 4.78 is 13.2. The van der Waals surface area contributed by atoms with Crippen molar-refractivity contribution in [2.75, 3.05) is 33.5 Å². The molecule has 0 amide bonds. The van der Waals surface area contributed by atoms with Gasteiger partial charge in [-0.05, 0) is 49.0 Å². The van der Waals surface area contributed by atoms with Crippen LogP contribution in [0, 0.1) is 0 Å². The normalized spacial score (nSPS) is 19.0. The van der Waals surface area contributed by atoms with Crippen LogP contribution in [0.2, 0.25) is 0 Å². The maximum atomic E-state index is 5.55. The molecule has 5 heterocycles. The first-order valence-corrected chi connectivity index (χ1v) is 10.9. The van der Waals surface area contributed by atoms with Crippen LogP contribution in [0.25, 0.3) is 16.9 Å². The Labute approximate surface area is 186 Å². The molecule has 162 valence electrons. The summed E-state index contributed by atoms with van der Waals surface area (Å²) in [5.41, 5.74) is 5.57. The summed E-state index contributed by atoms with van der Waals surface area (Å²) in [6, 6.07) is 16.8. The maximum absolute atomic E-state index is 5.55. The zero-order valence-corrected chi connectivity index (χ0v) is 18.0. The van der Waals surface area contributed by atoms with Crippen LogP contribution in [-0.4, -0.2) is 57.6 Å².